The van der Waals surface area contributed by atoms with E-state index < -0.39 is 29.7 Å². The number of thiazole rings is 1. The van der Waals surface area contributed by atoms with Crippen LogP contribution in [0.3, 0.4) is 0 Å². The van der Waals surface area contributed by atoms with E-state index in [2.05, 4.69) is 10.3 Å². The standard InChI is InChI=1S/C25H17F3N2O3S/c26-25(27,28)17-9-6-10-18(15-17)29-24(32)23(16-7-2-1-3-8-16)33-22(31)14-13-21-30-19-11-4-5-12-20(19)34-21/h1-15,23H,(H,29,32)/b14-13+. The lowest BCUT2D eigenvalue weighted by molar-refractivity contribution is -0.149. The minimum absolute atomic E-state index is 0.0678. The predicted octanol–water partition coefficient (Wildman–Crippen LogP) is 6.25. The molecular formula is C25H17F3N2O3S. The van der Waals surface area contributed by atoms with Crippen LogP contribution in [-0.4, -0.2) is 16.9 Å². The molecule has 0 spiro atoms. The van der Waals surface area contributed by atoms with Crippen LogP contribution in [0.2, 0.25) is 0 Å². The maximum Gasteiger partial charge on any atom is 0.416 e. The van der Waals surface area contributed by atoms with E-state index in [4.69, 9.17) is 4.74 Å². The summed E-state index contributed by atoms with van der Waals surface area (Å²) >= 11 is 1.39. The van der Waals surface area contributed by atoms with E-state index in [1.54, 1.807) is 30.3 Å². The molecular weight excluding hydrogens is 465 g/mol. The van der Waals surface area contributed by atoms with Crippen molar-refractivity contribution in [2.45, 2.75) is 12.3 Å². The Morgan fingerprint density at radius 3 is 2.44 bits per heavy atom. The van der Waals surface area contributed by atoms with Crippen molar-refractivity contribution < 1.29 is 27.5 Å². The molecule has 0 bridgehead atoms. The first kappa shape index (κ1) is 23.2. The number of hydrogen-bond acceptors (Lipinski definition) is 5. The highest BCUT2D eigenvalue weighted by Crippen LogP contribution is 2.31. The van der Waals surface area contributed by atoms with Crippen molar-refractivity contribution in [3.05, 3.63) is 101 Å². The summed E-state index contributed by atoms with van der Waals surface area (Å²) in [5.41, 5.74) is 0.191. The number of carbonyl (C=O) groups excluding carboxylic acids is 2. The van der Waals surface area contributed by atoms with Gasteiger partial charge in [-0.3, -0.25) is 4.79 Å². The fourth-order valence-corrected chi connectivity index (χ4v) is 4.01. The first-order chi connectivity index (χ1) is 16.3. The van der Waals surface area contributed by atoms with Gasteiger partial charge in [0.05, 0.1) is 15.8 Å². The highest BCUT2D eigenvalue weighted by Gasteiger charge is 2.31. The van der Waals surface area contributed by atoms with E-state index in [0.29, 0.717) is 10.6 Å². The van der Waals surface area contributed by atoms with Crippen molar-refractivity contribution in [3.63, 3.8) is 0 Å². The van der Waals surface area contributed by atoms with Crippen LogP contribution in [0.5, 0.6) is 0 Å². The smallest absolute Gasteiger partial charge is 0.416 e. The molecule has 1 unspecified atom stereocenters. The first-order valence-corrected chi connectivity index (χ1v) is 10.9. The Hall–Kier alpha value is -3.98. The molecule has 5 nitrogen and oxygen atoms in total. The number of halogens is 3. The Labute approximate surface area is 196 Å². The number of nitrogens with zero attached hydrogens (tertiary/aromatic N) is 1. The van der Waals surface area contributed by atoms with E-state index in [-0.39, 0.29) is 5.69 Å². The van der Waals surface area contributed by atoms with Crippen LogP contribution in [0.15, 0.2) is 84.9 Å². The molecule has 9 heteroatoms. The zero-order chi connectivity index (χ0) is 24.1. The SMILES string of the molecule is O=C(/C=C/c1nc2ccccc2s1)OC(C(=O)Nc1cccc(C(F)(F)F)c1)c1ccccc1. The number of esters is 1. The summed E-state index contributed by atoms with van der Waals surface area (Å²) in [5, 5.41) is 2.99. The van der Waals surface area contributed by atoms with Crippen LogP contribution in [-0.2, 0) is 20.5 Å². The minimum atomic E-state index is -4.56. The van der Waals surface area contributed by atoms with Crippen LogP contribution in [0.4, 0.5) is 18.9 Å². The summed E-state index contributed by atoms with van der Waals surface area (Å²) in [6.07, 6.45) is -3.29. The number of hydrogen-bond donors (Lipinski definition) is 1. The number of rotatable bonds is 6. The fraction of sp³-hybridized carbons (Fsp3) is 0.0800. The highest BCUT2D eigenvalue weighted by molar-refractivity contribution is 7.19. The normalized spacial score (nSPS) is 12.6. The number of nitrogens with one attached hydrogen (secondary N) is 1. The summed E-state index contributed by atoms with van der Waals surface area (Å²) in [6.45, 7) is 0. The maximum atomic E-state index is 13.0. The van der Waals surface area contributed by atoms with Gasteiger partial charge in [-0.05, 0) is 36.4 Å². The third-order valence-electron chi connectivity index (χ3n) is 4.70. The van der Waals surface area contributed by atoms with Gasteiger partial charge in [0.2, 0.25) is 6.10 Å². The first-order valence-electron chi connectivity index (χ1n) is 10.1. The van der Waals surface area contributed by atoms with Gasteiger partial charge >= 0.3 is 12.1 Å². The van der Waals surface area contributed by atoms with E-state index in [1.807, 2.05) is 24.3 Å². The summed E-state index contributed by atoms with van der Waals surface area (Å²) in [6, 6.07) is 19.9. The van der Waals surface area contributed by atoms with Crippen molar-refractivity contribution in [1.29, 1.82) is 0 Å². The number of benzene rings is 3. The Morgan fingerprint density at radius 1 is 0.971 bits per heavy atom. The quantitative estimate of drug-likeness (QED) is 0.261. The molecule has 1 atom stereocenters. The van der Waals surface area contributed by atoms with Crippen LogP contribution in [0, 0.1) is 0 Å². The van der Waals surface area contributed by atoms with Gasteiger partial charge in [-0.2, -0.15) is 13.2 Å². The zero-order valence-electron chi connectivity index (χ0n) is 17.5. The number of carbonyl (C=O) groups is 2. The monoisotopic (exact) mass is 482 g/mol. The third kappa shape index (κ3) is 5.68. The third-order valence-corrected chi connectivity index (χ3v) is 5.71. The van der Waals surface area contributed by atoms with Gasteiger partial charge in [-0.15, -0.1) is 11.3 Å². The molecule has 0 radical (unpaired) electrons. The van der Waals surface area contributed by atoms with Gasteiger partial charge in [0.1, 0.15) is 5.01 Å². The van der Waals surface area contributed by atoms with Crippen LogP contribution in [0.25, 0.3) is 16.3 Å². The van der Waals surface area contributed by atoms with Crippen molar-refractivity contribution in [2.75, 3.05) is 5.32 Å². The van der Waals surface area contributed by atoms with Gasteiger partial charge in [-0.1, -0.05) is 48.5 Å². The van der Waals surface area contributed by atoms with Gasteiger partial charge in [0, 0.05) is 17.3 Å². The molecule has 34 heavy (non-hydrogen) atoms. The number of para-hydroxylation sites is 1. The van der Waals surface area contributed by atoms with E-state index >= 15 is 0 Å². The summed E-state index contributed by atoms with van der Waals surface area (Å²) in [5.74, 6) is -1.58. The lowest BCUT2D eigenvalue weighted by Gasteiger charge is -2.18. The number of fused-ring (bicyclic) bond motifs is 1. The molecule has 1 heterocycles. The Bertz CT molecular complexity index is 1320. The Morgan fingerprint density at radius 2 is 1.71 bits per heavy atom. The van der Waals surface area contributed by atoms with Crippen LogP contribution < -0.4 is 5.32 Å². The lowest BCUT2D eigenvalue weighted by atomic mass is 10.1. The average Bonchev–Trinajstić information content (AvgIpc) is 3.24. The van der Waals surface area contributed by atoms with E-state index in [9.17, 15) is 22.8 Å². The molecule has 1 amide bonds. The molecule has 0 saturated heterocycles. The fourth-order valence-electron chi connectivity index (χ4n) is 3.14. The molecule has 0 aliphatic heterocycles. The van der Waals surface area contributed by atoms with Gasteiger partial charge in [0.15, 0.2) is 0 Å². The predicted molar refractivity (Wildman–Crippen MR) is 124 cm³/mol. The average molecular weight is 482 g/mol. The molecule has 0 aliphatic carbocycles. The van der Waals surface area contributed by atoms with Crippen molar-refractivity contribution >= 4 is 45.2 Å². The molecule has 3 aromatic carbocycles. The largest absolute Gasteiger partial charge is 0.444 e. The van der Waals surface area contributed by atoms with Crippen molar-refractivity contribution in [2.24, 2.45) is 0 Å². The second-order valence-electron chi connectivity index (χ2n) is 7.15. The van der Waals surface area contributed by atoms with E-state index in [1.165, 1.54) is 29.5 Å². The molecule has 4 rings (SSSR count). The molecule has 0 fully saturated rings. The molecule has 1 N–H and O–H groups in total. The molecule has 0 saturated carbocycles. The van der Waals surface area contributed by atoms with E-state index in [0.717, 1.165) is 28.4 Å². The topological polar surface area (TPSA) is 68.3 Å². The number of anilines is 1. The molecule has 1 aromatic heterocycles. The van der Waals surface area contributed by atoms with Gasteiger partial charge in [0.25, 0.3) is 5.91 Å². The summed E-state index contributed by atoms with van der Waals surface area (Å²) < 4.78 is 45.3. The maximum absolute atomic E-state index is 13.0. The molecule has 4 aromatic rings. The second kappa shape index (κ2) is 9.88. The molecule has 172 valence electrons. The Balaban J connectivity index is 1.52. The van der Waals surface area contributed by atoms with Crippen molar-refractivity contribution in [1.82, 2.24) is 4.98 Å². The Kier molecular flexibility index (Phi) is 6.74. The number of aromatic nitrogens is 1. The number of amides is 1. The molecule has 0 aliphatic rings. The lowest BCUT2D eigenvalue weighted by Crippen LogP contribution is -2.25. The zero-order valence-corrected chi connectivity index (χ0v) is 18.3. The van der Waals surface area contributed by atoms with Crippen LogP contribution >= 0.6 is 11.3 Å². The minimum Gasteiger partial charge on any atom is -0.444 e. The highest BCUT2D eigenvalue weighted by atomic mass is 32.1. The summed E-state index contributed by atoms with van der Waals surface area (Å²) in [4.78, 5) is 29.8. The van der Waals surface area contributed by atoms with Gasteiger partial charge in [-0.25, -0.2) is 9.78 Å². The number of ether oxygens (including phenoxy) is 1. The van der Waals surface area contributed by atoms with Crippen molar-refractivity contribution in [3.8, 4) is 0 Å². The van der Waals surface area contributed by atoms with Crippen LogP contribution in [0.1, 0.15) is 22.2 Å². The summed E-state index contributed by atoms with van der Waals surface area (Å²) in [7, 11) is 0. The second-order valence-corrected chi connectivity index (χ2v) is 8.21. The van der Waals surface area contributed by atoms with Gasteiger partial charge < -0.3 is 10.1 Å². The number of alkyl halides is 3.